The first-order chi connectivity index (χ1) is 16.9. The molecule has 0 saturated carbocycles. The fourth-order valence-electron chi connectivity index (χ4n) is 3.55. The number of esters is 1. The number of nitrogens with zero attached hydrogens (tertiary/aromatic N) is 2. The molecule has 2 heterocycles. The van der Waals surface area contributed by atoms with E-state index in [-0.39, 0.29) is 30.4 Å². The molecule has 0 radical (unpaired) electrons. The van der Waals surface area contributed by atoms with Gasteiger partial charge < -0.3 is 19.5 Å². The predicted molar refractivity (Wildman–Crippen MR) is 124 cm³/mol. The second-order valence-electron chi connectivity index (χ2n) is 7.53. The van der Waals surface area contributed by atoms with Crippen molar-refractivity contribution in [3.05, 3.63) is 81.7 Å². The van der Waals surface area contributed by atoms with Gasteiger partial charge in [0, 0.05) is 12.1 Å². The van der Waals surface area contributed by atoms with Crippen molar-refractivity contribution >= 4 is 35.2 Å². The number of nitro benzene ring substituents is 1. The van der Waals surface area contributed by atoms with Gasteiger partial charge in [-0.3, -0.25) is 24.6 Å². The molecule has 0 bridgehead atoms. The van der Waals surface area contributed by atoms with Crippen LogP contribution in [0.3, 0.4) is 0 Å². The smallest absolute Gasteiger partial charge is 0.358 e. The molecule has 0 aromatic heterocycles. The Balaban J connectivity index is 1.37. The number of ether oxygens (including phenoxy) is 3. The number of nitrogens with one attached hydrogen (secondary N) is 1. The van der Waals surface area contributed by atoms with Gasteiger partial charge in [-0.1, -0.05) is 18.2 Å². The molecule has 2 atom stereocenters. The summed E-state index contributed by atoms with van der Waals surface area (Å²) in [6, 6.07) is 13.6. The van der Waals surface area contributed by atoms with Crippen LogP contribution in [0.2, 0.25) is 0 Å². The summed E-state index contributed by atoms with van der Waals surface area (Å²) in [5.41, 5.74) is 0.447. The zero-order valence-electron chi connectivity index (χ0n) is 18.5. The number of thioether (sulfide) groups is 1. The van der Waals surface area contributed by atoms with Gasteiger partial charge in [0.2, 0.25) is 0 Å². The Morgan fingerprint density at radius 3 is 2.54 bits per heavy atom. The minimum Gasteiger partial charge on any atom is -0.498 e. The maximum Gasteiger partial charge on any atom is 0.358 e. The van der Waals surface area contributed by atoms with Gasteiger partial charge >= 0.3 is 5.97 Å². The van der Waals surface area contributed by atoms with Gasteiger partial charge in [0.1, 0.15) is 29.5 Å². The van der Waals surface area contributed by atoms with Crippen LogP contribution in [0.1, 0.15) is 5.56 Å². The number of para-hydroxylation sites is 1. The highest BCUT2D eigenvalue weighted by atomic mass is 32.2. The number of β-lactam (4-membered cyclic amide) rings is 1. The number of nitro groups is 1. The van der Waals surface area contributed by atoms with Gasteiger partial charge in [0.15, 0.2) is 12.3 Å². The molecule has 2 aromatic carbocycles. The van der Waals surface area contributed by atoms with Crippen molar-refractivity contribution in [3.63, 3.8) is 0 Å². The highest BCUT2D eigenvalue weighted by molar-refractivity contribution is 8.00. The lowest BCUT2D eigenvalue weighted by Crippen LogP contribution is -2.71. The summed E-state index contributed by atoms with van der Waals surface area (Å²) in [5.74, 6) is -0.577. The predicted octanol–water partition coefficient (Wildman–Crippen LogP) is 1.97. The summed E-state index contributed by atoms with van der Waals surface area (Å²) in [5, 5.41) is 12.9. The van der Waals surface area contributed by atoms with Crippen LogP contribution in [0.15, 0.2) is 66.1 Å². The van der Waals surface area contributed by atoms with Crippen LogP contribution in [0.5, 0.6) is 5.75 Å². The Morgan fingerprint density at radius 2 is 1.89 bits per heavy atom. The van der Waals surface area contributed by atoms with E-state index < -0.39 is 34.1 Å². The molecular formula is C23H21N3O8S. The number of benzene rings is 2. The van der Waals surface area contributed by atoms with Crippen molar-refractivity contribution in [2.75, 3.05) is 19.5 Å². The van der Waals surface area contributed by atoms with Crippen molar-refractivity contribution in [3.8, 4) is 5.75 Å². The van der Waals surface area contributed by atoms with Gasteiger partial charge in [-0.05, 0) is 29.8 Å². The molecule has 2 aromatic rings. The molecule has 12 heteroatoms. The van der Waals surface area contributed by atoms with Gasteiger partial charge in [-0.25, -0.2) is 4.79 Å². The molecule has 0 aliphatic carbocycles. The number of rotatable bonds is 9. The summed E-state index contributed by atoms with van der Waals surface area (Å²) >= 11 is 1.35. The van der Waals surface area contributed by atoms with Crippen molar-refractivity contribution in [1.29, 1.82) is 0 Å². The number of non-ortho nitro benzene ring substituents is 1. The summed E-state index contributed by atoms with van der Waals surface area (Å²) in [4.78, 5) is 49.5. The third-order valence-corrected chi connectivity index (χ3v) is 6.57. The summed E-state index contributed by atoms with van der Waals surface area (Å²) in [6.45, 7) is -0.400. The molecule has 1 fully saturated rings. The van der Waals surface area contributed by atoms with Crippen LogP contribution in [0, 0.1) is 10.1 Å². The second kappa shape index (κ2) is 10.5. The molecule has 0 spiro atoms. The lowest BCUT2D eigenvalue weighted by Gasteiger charge is -2.49. The fraction of sp³-hybridized carbons (Fsp3) is 0.261. The number of fused-ring (bicyclic) bond motifs is 1. The summed E-state index contributed by atoms with van der Waals surface area (Å²) < 4.78 is 16.1. The molecule has 11 nitrogen and oxygen atoms in total. The number of carbonyl (C=O) groups excluding carboxylic acids is 3. The Kier molecular flexibility index (Phi) is 7.20. The lowest BCUT2D eigenvalue weighted by molar-refractivity contribution is -0.384. The first-order valence-corrected chi connectivity index (χ1v) is 11.5. The Morgan fingerprint density at radius 1 is 1.17 bits per heavy atom. The van der Waals surface area contributed by atoms with E-state index in [1.54, 1.807) is 24.3 Å². The topological polar surface area (TPSA) is 137 Å². The lowest BCUT2D eigenvalue weighted by atomic mass is 10.0. The molecule has 0 unspecified atom stereocenters. The van der Waals surface area contributed by atoms with E-state index >= 15 is 0 Å². The van der Waals surface area contributed by atoms with E-state index in [0.717, 1.165) is 0 Å². The Hall–Kier alpha value is -4.06. The van der Waals surface area contributed by atoms with E-state index in [4.69, 9.17) is 14.2 Å². The van der Waals surface area contributed by atoms with Crippen LogP contribution in [-0.4, -0.2) is 58.5 Å². The molecule has 1 saturated heterocycles. The number of hydrogen-bond acceptors (Lipinski definition) is 9. The van der Waals surface area contributed by atoms with E-state index in [9.17, 15) is 24.5 Å². The first kappa shape index (κ1) is 24.1. The summed E-state index contributed by atoms with van der Waals surface area (Å²) in [7, 11) is 1.39. The van der Waals surface area contributed by atoms with Crippen LogP contribution in [-0.2, 0) is 30.5 Å². The molecule has 2 aliphatic heterocycles. The van der Waals surface area contributed by atoms with Crippen LogP contribution < -0.4 is 10.1 Å². The Bertz CT molecular complexity index is 1170. The maximum absolute atomic E-state index is 12.9. The normalized spacial score (nSPS) is 18.8. The largest absolute Gasteiger partial charge is 0.498 e. The number of amides is 2. The van der Waals surface area contributed by atoms with E-state index in [2.05, 4.69) is 5.32 Å². The highest BCUT2D eigenvalue weighted by Gasteiger charge is 2.55. The molecule has 35 heavy (non-hydrogen) atoms. The number of hydrogen-bond donors (Lipinski definition) is 1. The average molecular weight is 500 g/mol. The average Bonchev–Trinajstić information content (AvgIpc) is 2.88. The Labute approximate surface area is 204 Å². The maximum atomic E-state index is 12.9. The van der Waals surface area contributed by atoms with Crippen molar-refractivity contribution < 1.29 is 33.5 Å². The third kappa shape index (κ3) is 5.22. The highest BCUT2D eigenvalue weighted by Crippen LogP contribution is 2.40. The molecule has 2 amide bonds. The third-order valence-electron chi connectivity index (χ3n) is 5.32. The minimum atomic E-state index is -0.817. The van der Waals surface area contributed by atoms with Gasteiger partial charge in [0.25, 0.3) is 17.5 Å². The zero-order valence-corrected chi connectivity index (χ0v) is 19.4. The first-order valence-electron chi connectivity index (χ1n) is 10.5. The second-order valence-corrected chi connectivity index (χ2v) is 8.64. The molecule has 182 valence electrons. The van der Waals surface area contributed by atoms with Gasteiger partial charge in [0.05, 0.1) is 17.8 Å². The summed E-state index contributed by atoms with van der Waals surface area (Å²) in [6.07, 6.45) is 0. The standard InChI is InChI=1S/C23H21N3O8S/c1-32-17-13-35-22-19(24-18(27)12-33-16-5-3-2-4-6-16)21(28)25(22)20(17)23(29)34-11-14-7-9-15(10-8-14)26(30)31/h2-10,19,22H,11-13H2,1H3,(H,24,27)/t19-,22-/m1/s1. The van der Waals surface area contributed by atoms with Crippen LogP contribution in [0.4, 0.5) is 5.69 Å². The SMILES string of the molecule is COC1=C(C(=O)OCc2ccc([N+](=O)[O-])cc2)N2C(=O)[C@@H](NC(=O)COc3ccccc3)[C@H]2SC1. The fourth-order valence-corrected chi connectivity index (χ4v) is 4.86. The number of carbonyl (C=O) groups is 3. The quantitative estimate of drug-likeness (QED) is 0.238. The minimum absolute atomic E-state index is 0.0193. The van der Waals surface area contributed by atoms with E-state index in [1.807, 2.05) is 6.07 Å². The molecule has 1 N–H and O–H groups in total. The van der Waals surface area contributed by atoms with Crippen LogP contribution >= 0.6 is 11.8 Å². The molecular weight excluding hydrogens is 478 g/mol. The van der Waals surface area contributed by atoms with Gasteiger partial charge in [-0.2, -0.15) is 0 Å². The van der Waals surface area contributed by atoms with Crippen molar-refractivity contribution in [1.82, 2.24) is 10.2 Å². The van der Waals surface area contributed by atoms with Crippen molar-refractivity contribution in [2.24, 2.45) is 0 Å². The zero-order chi connectivity index (χ0) is 24.9. The monoisotopic (exact) mass is 499 g/mol. The van der Waals surface area contributed by atoms with E-state index in [0.29, 0.717) is 17.1 Å². The van der Waals surface area contributed by atoms with Crippen LogP contribution in [0.25, 0.3) is 0 Å². The molecule has 2 aliphatic rings. The number of methoxy groups -OCH3 is 1. The van der Waals surface area contributed by atoms with Gasteiger partial charge in [-0.15, -0.1) is 11.8 Å². The van der Waals surface area contributed by atoms with Crippen molar-refractivity contribution in [2.45, 2.75) is 18.0 Å². The van der Waals surface area contributed by atoms with E-state index in [1.165, 1.54) is 48.0 Å². The molecule has 4 rings (SSSR count).